The predicted molar refractivity (Wildman–Crippen MR) is 61.9 cm³/mol. The summed E-state index contributed by atoms with van der Waals surface area (Å²) < 4.78 is 47.6. The van der Waals surface area contributed by atoms with Gasteiger partial charge in [-0.1, -0.05) is 0 Å². The molecule has 1 atom stereocenters. The minimum absolute atomic E-state index is 0.0201. The van der Waals surface area contributed by atoms with Crippen LogP contribution in [-0.2, 0) is 15.0 Å². The topological polar surface area (TPSA) is 78.2 Å². The molecule has 1 saturated heterocycles. The number of hydrogen-bond acceptors (Lipinski definition) is 4. The molecular formula is C11H8F2N2O3S. The third-order valence-electron chi connectivity index (χ3n) is 2.86. The van der Waals surface area contributed by atoms with E-state index in [1.54, 1.807) is 6.07 Å². The Kier molecular flexibility index (Phi) is 3.24. The van der Waals surface area contributed by atoms with Gasteiger partial charge in [-0.15, -0.1) is 3.89 Å². The second-order valence-electron chi connectivity index (χ2n) is 4.08. The highest BCUT2D eigenvalue weighted by Gasteiger charge is 2.39. The normalized spacial score (nSPS) is 19.5. The molecule has 0 radical (unpaired) electrons. The van der Waals surface area contributed by atoms with Crippen LogP contribution in [0.2, 0.25) is 0 Å². The highest BCUT2D eigenvalue weighted by Crippen LogP contribution is 2.29. The van der Waals surface area contributed by atoms with E-state index in [0.29, 0.717) is 0 Å². The molecule has 100 valence electrons. The highest BCUT2D eigenvalue weighted by molar-refractivity contribution is 7.87. The summed E-state index contributed by atoms with van der Waals surface area (Å²) in [5.74, 6) is -1.33. The molecule has 0 aromatic heterocycles. The lowest BCUT2D eigenvalue weighted by Gasteiger charge is -2.17. The predicted octanol–water partition coefficient (Wildman–Crippen LogP) is 1.10. The number of halogens is 2. The van der Waals surface area contributed by atoms with Crippen molar-refractivity contribution in [2.45, 2.75) is 11.7 Å². The smallest absolute Gasteiger partial charge is 0.307 e. The first-order chi connectivity index (χ1) is 8.82. The van der Waals surface area contributed by atoms with E-state index in [9.17, 15) is 21.5 Å². The van der Waals surface area contributed by atoms with Gasteiger partial charge in [0.05, 0.1) is 11.3 Å². The maximum atomic E-state index is 13.2. The summed E-state index contributed by atoms with van der Waals surface area (Å²) in [6.07, 6.45) is -0.514. The van der Waals surface area contributed by atoms with Crippen molar-refractivity contribution < 1.29 is 21.5 Å². The fraction of sp³-hybridized carbons (Fsp3) is 0.273. The number of benzene rings is 1. The number of anilines is 1. The van der Waals surface area contributed by atoms with Crippen LogP contribution >= 0.6 is 0 Å². The number of carbonyl (C=O) groups is 1. The van der Waals surface area contributed by atoms with Gasteiger partial charge >= 0.3 is 10.2 Å². The van der Waals surface area contributed by atoms with Crippen molar-refractivity contribution in [3.05, 3.63) is 29.6 Å². The van der Waals surface area contributed by atoms with E-state index in [1.807, 2.05) is 0 Å². The van der Waals surface area contributed by atoms with Gasteiger partial charge in [-0.05, 0) is 18.2 Å². The summed E-state index contributed by atoms with van der Waals surface area (Å²) in [6.45, 7) is -0.421. The third-order valence-corrected chi connectivity index (χ3v) is 3.97. The second-order valence-corrected chi connectivity index (χ2v) is 5.70. The Morgan fingerprint density at radius 3 is 2.63 bits per heavy atom. The molecule has 8 heteroatoms. The Morgan fingerprint density at radius 1 is 1.42 bits per heavy atom. The van der Waals surface area contributed by atoms with Crippen molar-refractivity contribution in [3.8, 4) is 6.07 Å². The van der Waals surface area contributed by atoms with Crippen LogP contribution < -0.4 is 4.90 Å². The lowest BCUT2D eigenvalue weighted by atomic mass is 10.1. The van der Waals surface area contributed by atoms with Crippen LogP contribution in [0.1, 0.15) is 12.0 Å². The molecule has 1 amide bonds. The van der Waals surface area contributed by atoms with Crippen molar-refractivity contribution in [3.63, 3.8) is 0 Å². The molecule has 0 N–H and O–H groups in total. The Balaban J connectivity index is 2.42. The fourth-order valence-electron chi connectivity index (χ4n) is 1.92. The van der Waals surface area contributed by atoms with Crippen LogP contribution in [0, 0.1) is 17.1 Å². The van der Waals surface area contributed by atoms with E-state index in [0.717, 1.165) is 17.0 Å². The number of nitriles is 1. The zero-order valence-electron chi connectivity index (χ0n) is 9.51. The Morgan fingerprint density at radius 2 is 2.11 bits per heavy atom. The van der Waals surface area contributed by atoms with Gasteiger partial charge in [0.1, 0.15) is 17.1 Å². The molecule has 1 aliphatic rings. The van der Waals surface area contributed by atoms with Crippen LogP contribution in [0.3, 0.4) is 0 Å². The molecule has 1 heterocycles. The fourth-order valence-corrected chi connectivity index (χ4v) is 2.59. The van der Waals surface area contributed by atoms with Gasteiger partial charge in [-0.25, -0.2) is 4.39 Å². The first-order valence-corrected chi connectivity index (χ1v) is 6.71. The number of nitrogens with zero attached hydrogens (tertiary/aromatic N) is 2. The summed E-state index contributed by atoms with van der Waals surface area (Å²) >= 11 is 0. The first-order valence-electron chi connectivity index (χ1n) is 5.26. The zero-order chi connectivity index (χ0) is 14.2. The molecule has 0 saturated carbocycles. The summed E-state index contributed by atoms with van der Waals surface area (Å²) in [6, 6.07) is 4.94. The van der Waals surface area contributed by atoms with Gasteiger partial charge < -0.3 is 4.90 Å². The van der Waals surface area contributed by atoms with Gasteiger partial charge in [0, 0.05) is 13.0 Å². The molecular weight excluding hydrogens is 278 g/mol. The first kappa shape index (κ1) is 13.4. The molecule has 1 aliphatic heterocycles. The van der Waals surface area contributed by atoms with Crippen molar-refractivity contribution >= 4 is 21.8 Å². The highest BCUT2D eigenvalue weighted by atomic mass is 32.3. The van der Waals surface area contributed by atoms with E-state index in [1.165, 1.54) is 6.07 Å². The Hall–Kier alpha value is -2.01. The monoisotopic (exact) mass is 286 g/mol. The average Bonchev–Trinajstić information content (AvgIpc) is 2.71. The van der Waals surface area contributed by atoms with E-state index in [4.69, 9.17) is 5.26 Å². The van der Waals surface area contributed by atoms with Gasteiger partial charge in [0.25, 0.3) is 0 Å². The molecule has 0 spiro atoms. The van der Waals surface area contributed by atoms with Crippen LogP contribution in [0.5, 0.6) is 0 Å². The average molecular weight is 286 g/mol. The lowest BCUT2D eigenvalue weighted by molar-refractivity contribution is -0.117. The number of amides is 1. The maximum Gasteiger partial charge on any atom is 0.307 e. The summed E-state index contributed by atoms with van der Waals surface area (Å²) in [7, 11) is -4.85. The summed E-state index contributed by atoms with van der Waals surface area (Å²) in [5, 5.41) is 7.40. The van der Waals surface area contributed by atoms with Crippen LogP contribution in [0.25, 0.3) is 0 Å². The number of carbonyl (C=O) groups excluding carboxylic acids is 1. The van der Waals surface area contributed by atoms with Crippen molar-refractivity contribution in [2.75, 3.05) is 11.4 Å². The number of hydrogen-bond donors (Lipinski definition) is 0. The van der Waals surface area contributed by atoms with Gasteiger partial charge in [-0.2, -0.15) is 13.7 Å². The second kappa shape index (κ2) is 4.59. The molecule has 1 fully saturated rings. The molecule has 0 bridgehead atoms. The summed E-state index contributed by atoms with van der Waals surface area (Å²) in [4.78, 5) is 12.6. The standard InChI is InChI=1S/C11H8F2N2O3S/c12-8-2-1-7(5-14)10(3-8)15-6-9(4-11(15)16)19(13,17)18/h1-3,9H,4,6H2. The maximum absolute atomic E-state index is 13.2. The summed E-state index contributed by atoms with van der Waals surface area (Å²) in [5.41, 5.74) is -0.0229. The van der Waals surface area contributed by atoms with Gasteiger partial charge in [0.2, 0.25) is 5.91 Å². The van der Waals surface area contributed by atoms with Gasteiger partial charge in [0.15, 0.2) is 0 Å². The molecule has 1 aromatic carbocycles. The Bertz CT molecular complexity index is 682. The molecule has 2 rings (SSSR count). The van der Waals surface area contributed by atoms with Crippen LogP contribution in [0.15, 0.2) is 18.2 Å². The molecule has 1 aromatic rings. The third kappa shape index (κ3) is 2.56. The van der Waals surface area contributed by atoms with Crippen molar-refractivity contribution in [1.82, 2.24) is 0 Å². The van der Waals surface area contributed by atoms with Crippen molar-refractivity contribution in [2.24, 2.45) is 0 Å². The molecule has 0 aliphatic carbocycles. The van der Waals surface area contributed by atoms with Crippen LogP contribution in [-0.4, -0.2) is 26.1 Å². The minimum Gasteiger partial charge on any atom is -0.310 e. The largest absolute Gasteiger partial charge is 0.310 e. The van der Waals surface area contributed by atoms with Crippen molar-refractivity contribution in [1.29, 1.82) is 5.26 Å². The van der Waals surface area contributed by atoms with Crippen LogP contribution in [0.4, 0.5) is 14.0 Å². The molecule has 5 nitrogen and oxygen atoms in total. The zero-order valence-corrected chi connectivity index (χ0v) is 10.3. The van der Waals surface area contributed by atoms with E-state index in [2.05, 4.69) is 0 Å². The molecule has 19 heavy (non-hydrogen) atoms. The van der Waals surface area contributed by atoms with E-state index < -0.39 is 40.2 Å². The molecule has 1 unspecified atom stereocenters. The SMILES string of the molecule is N#Cc1ccc(F)cc1N1CC(S(=O)(=O)F)CC1=O. The van der Waals surface area contributed by atoms with E-state index in [-0.39, 0.29) is 11.3 Å². The quantitative estimate of drug-likeness (QED) is 0.763. The minimum atomic E-state index is -4.85. The van der Waals surface area contributed by atoms with Gasteiger partial charge in [-0.3, -0.25) is 4.79 Å². The number of rotatable bonds is 2. The van der Waals surface area contributed by atoms with E-state index >= 15 is 0 Å². The lowest BCUT2D eigenvalue weighted by Crippen LogP contribution is -2.27. The Labute approximate surface area is 108 Å².